The van der Waals surface area contributed by atoms with Crippen LogP contribution in [0.15, 0.2) is 0 Å². The van der Waals surface area contributed by atoms with Crippen molar-refractivity contribution < 1.29 is 64.6 Å². The number of aliphatic hydroxyl groups excluding tert-OH is 8. The second-order valence-corrected chi connectivity index (χ2v) is 29.6. The molecule has 2 heterocycles. The standard InChI is InChI=1S/C80H157NO13/c1-3-5-7-9-11-13-15-17-19-21-23-25-27-29-30-31-32-33-34-35-36-37-38-39-40-42-44-46-48-50-52-54-56-58-60-62-64-72(85)81-68(67-91-79-77(90)75(88)78(71(66-83)93-79)94-80-76(89)74(87)73(86)70(65-82)92-80)69(84)63-61-59-57-55-53-51-49-47-45-43-41-28-26-24-22-20-18-16-14-12-10-8-6-4-2/h68-71,73-80,82-84,86-90H,3-67H2,1-2H3,(H,81,85). The minimum absolute atomic E-state index is 0.195. The lowest BCUT2D eigenvalue weighted by atomic mass is 9.97. The molecule has 12 atom stereocenters. The van der Waals surface area contributed by atoms with Crippen LogP contribution in [0.5, 0.6) is 0 Å². The number of hydrogen-bond donors (Lipinski definition) is 9. The molecule has 2 saturated heterocycles. The summed E-state index contributed by atoms with van der Waals surface area (Å²) in [5.74, 6) is -0.195. The molecule has 14 nitrogen and oxygen atoms in total. The van der Waals surface area contributed by atoms with E-state index in [1.54, 1.807) is 0 Å². The van der Waals surface area contributed by atoms with Gasteiger partial charge in [-0.3, -0.25) is 4.79 Å². The molecule has 0 aromatic carbocycles. The first-order valence-corrected chi connectivity index (χ1v) is 41.3. The first kappa shape index (κ1) is 89.1. The van der Waals surface area contributed by atoms with Crippen LogP contribution in [0.2, 0.25) is 0 Å². The smallest absolute Gasteiger partial charge is 0.220 e. The van der Waals surface area contributed by atoms with Gasteiger partial charge in [0.05, 0.1) is 32.0 Å². The van der Waals surface area contributed by atoms with Crippen molar-refractivity contribution in [2.24, 2.45) is 0 Å². The van der Waals surface area contributed by atoms with Crippen LogP contribution in [0.25, 0.3) is 0 Å². The third-order valence-corrected chi connectivity index (χ3v) is 20.8. The molecule has 0 saturated carbocycles. The summed E-state index contributed by atoms with van der Waals surface area (Å²) in [5.41, 5.74) is 0. The van der Waals surface area contributed by atoms with Crippen molar-refractivity contribution in [2.45, 2.75) is 485 Å². The molecule has 560 valence electrons. The van der Waals surface area contributed by atoms with Crippen LogP contribution in [0, 0.1) is 0 Å². The zero-order valence-electron chi connectivity index (χ0n) is 61.5. The molecule has 2 aliphatic heterocycles. The van der Waals surface area contributed by atoms with Crippen LogP contribution in [-0.2, 0) is 23.7 Å². The summed E-state index contributed by atoms with van der Waals surface area (Å²) < 4.78 is 23.0. The molecule has 0 aliphatic carbocycles. The van der Waals surface area contributed by atoms with E-state index in [0.717, 1.165) is 51.4 Å². The molecule has 2 rings (SSSR count). The maximum absolute atomic E-state index is 13.4. The number of aliphatic hydroxyl groups is 8. The maximum Gasteiger partial charge on any atom is 0.220 e. The highest BCUT2D eigenvalue weighted by Gasteiger charge is 2.51. The number of amides is 1. The molecule has 2 aliphatic rings. The summed E-state index contributed by atoms with van der Waals surface area (Å²) in [4.78, 5) is 13.4. The minimum Gasteiger partial charge on any atom is -0.394 e. The molecule has 0 radical (unpaired) electrons. The van der Waals surface area contributed by atoms with Gasteiger partial charge in [0.25, 0.3) is 0 Å². The fraction of sp³-hybridized carbons (Fsp3) is 0.988. The average molecular weight is 1340 g/mol. The van der Waals surface area contributed by atoms with E-state index in [2.05, 4.69) is 19.2 Å². The van der Waals surface area contributed by atoms with Crippen LogP contribution >= 0.6 is 0 Å². The van der Waals surface area contributed by atoms with Crippen LogP contribution in [0.4, 0.5) is 0 Å². The molecular weight excluding hydrogens is 1180 g/mol. The second-order valence-electron chi connectivity index (χ2n) is 29.6. The van der Waals surface area contributed by atoms with Crippen molar-refractivity contribution in [1.29, 1.82) is 0 Å². The number of ether oxygens (including phenoxy) is 4. The molecule has 94 heavy (non-hydrogen) atoms. The highest BCUT2D eigenvalue weighted by Crippen LogP contribution is 2.31. The first-order chi connectivity index (χ1) is 46.1. The Morgan fingerprint density at radius 2 is 0.606 bits per heavy atom. The first-order valence-electron chi connectivity index (χ1n) is 41.3. The van der Waals surface area contributed by atoms with Gasteiger partial charge in [-0.15, -0.1) is 0 Å². The summed E-state index contributed by atoms with van der Waals surface area (Å²) in [6, 6.07) is -0.825. The zero-order chi connectivity index (χ0) is 68.0. The van der Waals surface area contributed by atoms with Crippen LogP contribution in [-0.4, -0.2) is 140 Å². The Hall–Kier alpha value is -1.01. The topological polar surface area (TPSA) is 228 Å². The van der Waals surface area contributed by atoms with Gasteiger partial charge in [0, 0.05) is 6.42 Å². The van der Waals surface area contributed by atoms with Gasteiger partial charge in [-0.1, -0.05) is 393 Å². The van der Waals surface area contributed by atoms with Gasteiger partial charge in [-0.05, 0) is 12.8 Å². The fourth-order valence-electron chi connectivity index (χ4n) is 14.3. The van der Waals surface area contributed by atoms with E-state index < -0.39 is 86.8 Å². The van der Waals surface area contributed by atoms with E-state index in [0.29, 0.717) is 12.8 Å². The monoisotopic (exact) mass is 1340 g/mol. The predicted octanol–water partition coefficient (Wildman–Crippen LogP) is 18.7. The Labute approximate surface area is 578 Å². The minimum atomic E-state index is -1.78. The maximum atomic E-state index is 13.4. The van der Waals surface area contributed by atoms with Crippen molar-refractivity contribution in [2.75, 3.05) is 19.8 Å². The van der Waals surface area contributed by atoms with Gasteiger partial charge in [0.1, 0.15) is 48.8 Å². The Morgan fingerprint density at radius 1 is 0.340 bits per heavy atom. The van der Waals surface area contributed by atoms with Gasteiger partial charge in [-0.25, -0.2) is 0 Å². The molecule has 0 bridgehead atoms. The second kappa shape index (κ2) is 65.3. The van der Waals surface area contributed by atoms with E-state index in [1.807, 2.05) is 0 Å². The number of hydrogen-bond acceptors (Lipinski definition) is 13. The summed E-state index contributed by atoms with van der Waals surface area (Å²) >= 11 is 0. The average Bonchev–Trinajstić information content (AvgIpc) is 0.794. The van der Waals surface area contributed by atoms with Crippen LogP contribution in [0.1, 0.15) is 412 Å². The summed E-state index contributed by atoms with van der Waals surface area (Å²) in [6.45, 7) is 2.95. The Kier molecular flexibility index (Phi) is 61.9. The number of unbranched alkanes of at least 4 members (excludes halogenated alkanes) is 58. The summed E-state index contributed by atoms with van der Waals surface area (Å²) in [6.07, 6.45) is 64.5. The molecule has 0 aromatic rings. The highest BCUT2D eigenvalue weighted by molar-refractivity contribution is 5.76. The van der Waals surface area contributed by atoms with Crippen molar-refractivity contribution >= 4 is 5.91 Å². The van der Waals surface area contributed by atoms with Crippen molar-refractivity contribution in [1.82, 2.24) is 5.32 Å². The number of carbonyl (C=O) groups excluding carboxylic acids is 1. The van der Waals surface area contributed by atoms with Crippen molar-refractivity contribution in [3.05, 3.63) is 0 Å². The highest BCUT2D eigenvalue weighted by atomic mass is 16.7. The van der Waals surface area contributed by atoms with Crippen molar-refractivity contribution in [3.63, 3.8) is 0 Å². The van der Waals surface area contributed by atoms with Gasteiger partial charge in [-0.2, -0.15) is 0 Å². The van der Waals surface area contributed by atoms with Gasteiger partial charge >= 0.3 is 0 Å². The molecule has 1 amide bonds. The largest absolute Gasteiger partial charge is 0.394 e. The SMILES string of the molecule is CCCCCCCCCCCCCCCCCCCCCCCCCCCCCCCCCCCCCCC(=O)NC(COC1OC(CO)C(OC2OC(CO)C(O)C(O)C2O)C(O)C1O)C(O)CCCCCCCCCCCCCCCCCCCCCCCCCC. The quantitative estimate of drug-likeness (QED) is 0.0259. The molecule has 9 N–H and O–H groups in total. The van der Waals surface area contributed by atoms with Crippen LogP contribution < -0.4 is 5.32 Å². The zero-order valence-corrected chi connectivity index (χ0v) is 61.5. The fourth-order valence-corrected chi connectivity index (χ4v) is 14.3. The molecule has 2 fully saturated rings. The molecule has 0 spiro atoms. The number of carbonyl (C=O) groups is 1. The lowest BCUT2D eigenvalue weighted by molar-refractivity contribution is -0.359. The van der Waals surface area contributed by atoms with Gasteiger partial charge < -0.3 is 65.1 Å². The third-order valence-electron chi connectivity index (χ3n) is 20.8. The van der Waals surface area contributed by atoms with Crippen molar-refractivity contribution in [3.8, 4) is 0 Å². The molecular formula is C80H157NO13. The number of rotatable bonds is 71. The van der Waals surface area contributed by atoms with E-state index in [-0.39, 0.29) is 12.5 Å². The normalized spacial score (nSPS) is 22.3. The van der Waals surface area contributed by atoms with E-state index in [4.69, 9.17) is 18.9 Å². The lowest BCUT2D eigenvalue weighted by Gasteiger charge is -2.46. The van der Waals surface area contributed by atoms with Gasteiger partial charge in [0.2, 0.25) is 5.91 Å². The summed E-state index contributed by atoms with van der Waals surface area (Å²) in [7, 11) is 0. The van der Waals surface area contributed by atoms with E-state index >= 15 is 0 Å². The lowest BCUT2D eigenvalue weighted by Crippen LogP contribution is -2.65. The third kappa shape index (κ3) is 47.9. The van der Waals surface area contributed by atoms with E-state index in [1.165, 1.54) is 334 Å². The Balaban J connectivity index is 1.57. The molecule has 12 unspecified atom stereocenters. The number of nitrogens with one attached hydrogen (secondary N) is 1. The Morgan fingerprint density at radius 3 is 0.904 bits per heavy atom. The van der Waals surface area contributed by atoms with Crippen LogP contribution in [0.3, 0.4) is 0 Å². The Bertz CT molecular complexity index is 1580. The van der Waals surface area contributed by atoms with E-state index in [9.17, 15) is 45.6 Å². The molecule has 14 heteroatoms. The molecule has 0 aromatic heterocycles. The summed E-state index contributed by atoms with van der Waals surface area (Å²) in [5, 5.41) is 87.9. The van der Waals surface area contributed by atoms with Gasteiger partial charge in [0.15, 0.2) is 12.6 Å². The predicted molar refractivity (Wildman–Crippen MR) is 388 cm³/mol.